The number of amides is 1. The molecule has 1 fully saturated rings. The molecule has 2 aromatic rings. The molecule has 0 radical (unpaired) electrons. The highest BCUT2D eigenvalue weighted by molar-refractivity contribution is 7.89. The zero-order valence-corrected chi connectivity index (χ0v) is 19.5. The fourth-order valence-electron chi connectivity index (χ4n) is 3.89. The Morgan fingerprint density at radius 3 is 2.19 bits per heavy atom. The van der Waals surface area contributed by atoms with Gasteiger partial charge in [0.05, 0.1) is 4.90 Å². The van der Waals surface area contributed by atoms with Crippen molar-refractivity contribution in [2.45, 2.75) is 50.5 Å². The van der Waals surface area contributed by atoms with E-state index in [1.807, 2.05) is 12.1 Å². The molecule has 1 aliphatic rings. The number of carbonyl (C=O) groups is 1. The highest BCUT2D eigenvalue weighted by Gasteiger charge is 2.33. The van der Waals surface area contributed by atoms with Gasteiger partial charge >= 0.3 is 0 Å². The van der Waals surface area contributed by atoms with Crippen molar-refractivity contribution in [1.82, 2.24) is 9.21 Å². The highest BCUT2D eigenvalue weighted by atomic mass is 32.2. The minimum atomic E-state index is -3.59. The Labute approximate surface area is 184 Å². The van der Waals surface area contributed by atoms with E-state index < -0.39 is 10.0 Å². The van der Waals surface area contributed by atoms with Crippen LogP contribution in [-0.4, -0.2) is 43.7 Å². The van der Waals surface area contributed by atoms with E-state index in [4.69, 9.17) is 0 Å². The Bertz CT molecular complexity index is 1020. The Morgan fingerprint density at radius 2 is 1.65 bits per heavy atom. The van der Waals surface area contributed by atoms with Crippen molar-refractivity contribution in [1.29, 1.82) is 0 Å². The molecule has 7 heteroatoms. The van der Waals surface area contributed by atoms with Crippen molar-refractivity contribution >= 4 is 15.9 Å². The van der Waals surface area contributed by atoms with E-state index in [9.17, 15) is 17.6 Å². The number of halogens is 1. The molecule has 0 aromatic heterocycles. The monoisotopic (exact) mass is 446 g/mol. The number of nitrogens with zero attached hydrogens (tertiary/aromatic N) is 2. The lowest BCUT2D eigenvalue weighted by Gasteiger charge is -2.32. The first-order valence-corrected chi connectivity index (χ1v) is 12.0. The quantitative estimate of drug-likeness (QED) is 0.692. The van der Waals surface area contributed by atoms with Gasteiger partial charge in [-0.2, -0.15) is 4.31 Å². The summed E-state index contributed by atoms with van der Waals surface area (Å²) in [5.74, 6) is -0.665. The molecule has 0 spiro atoms. The number of benzene rings is 2. The summed E-state index contributed by atoms with van der Waals surface area (Å²) in [6.07, 6.45) is 0.916. The number of hydrogen-bond acceptors (Lipinski definition) is 3. The second-order valence-electron chi connectivity index (χ2n) is 9.24. The lowest BCUT2D eigenvalue weighted by Crippen LogP contribution is -2.43. The van der Waals surface area contributed by atoms with Crippen molar-refractivity contribution in [2.75, 3.05) is 20.1 Å². The molecule has 0 N–H and O–H groups in total. The van der Waals surface area contributed by atoms with E-state index in [0.717, 1.165) is 5.56 Å². The smallest absolute Gasteiger partial charge is 0.243 e. The predicted octanol–water partition coefficient (Wildman–Crippen LogP) is 4.18. The molecular weight excluding hydrogens is 415 g/mol. The molecule has 3 rings (SSSR count). The Kier molecular flexibility index (Phi) is 6.86. The van der Waals surface area contributed by atoms with Gasteiger partial charge in [-0.15, -0.1) is 0 Å². The number of carbonyl (C=O) groups excluding carboxylic acids is 1. The SMILES string of the molecule is CN(Cc1ccccc1F)C(=O)C1CCN(S(=O)(=O)c2ccc(C(C)(C)C)cc2)CC1. The van der Waals surface area contributed by atoms with Gasteiger partial charge in [0.15, 0.2) is 0 Å². The summed E-state index contributed by atoms with van der Waals surface area (Å²) >= 11 is 0. The molecule has 168 valence electrons. The highest BCUT2D eigenvalue weighted by Crippen LogP contribution is 2.28. The third-order valence-corrected chi connectivity index (χ3v) is 7.82. The molecule has 1 heterocycles. The van der Waals surface area contributed by atoms with Crippen LogP contribution in [0.4, 0.5) is 4.39 Å². The van der Waals surface area contributed by atoms with E-state index in [1.54, 1.807) is 37.4 Å². The van der Waals surface area contributed by atoms with Crippen LogP contribution in [0.1, 0.15) is 44.7 Å². The van der Waals surface area contributed by atoms with Gasteiger partial charge in [0, 0.05) is 38.2 Å². The second kappa shape index (κ2) is 9.09. The van der Waals surface area contributed by atoms with Crippen LogP contribution in [0, 0.1) is 11.7 Å². The van der Waals surface area contributed by atoms with Gasteiger partial charge in [-0.25, -0.2) is 12.8 Å². The summed E-state index contributed by atoms with van der Waals surface area (Å²) in [5, 5.41) is 0. The van der Waals surface area contributed by atoms with Gasteiger partial charge in [-0.1, -0.05) is 51.1 Å². The molecule has 0 aliphatic carbocycles. The molecular formula is C24H31FN2O3S. The molecule has 5 nitrogen and oxygen atoms in total. The van der Waals surface area contributed by atoms with E-state index >= 15 is 0 Å². The van der Waals surface area contributed by atoms with Crippen LogP contribution in [0.5, 0.6) is 0 Å². The average molecular weight is 447 g/mol. The van der Waals surface area contributed by atoms with Crippen molar-refractivity contribution in [3.63, 3.8) is 0 Å². The molecule has 0 saturated carbocycles. The summed E-state index contributed by atoms with van der Waals surface area (Å²) in [6, 6.07) is 13.5. The van der Waals surface area contributed by atoms with Crippen LogP contribution in [0.25, 0.3) is 0 Å². The first kappa shape index (κ1) is 23.4. The van der Waals surface area contributed by atoms with Crippen LogP contribution in [0.15, 0.2) is 53.4 Å². The average Bonchev–Trinajstić information content (AvgIpc) is 2.74. The fourth-order valence-corrected chi connectivity index (χ4v) is 5.36. The first-order chi connectivity index (χ1) is 14.5. The summed E-state index contributed by atoms with van der Waals surface area (Å²) in [6.45, 7) is 7.05. The lowest BCUT2D eigenvalue weighted by molar-refractivity contribution is -0.136. The summed E-state index contributed by atoms with van der Waals surface area (Å²) < 4.78 is 41.4. The molecule has 1 aliphatic heterocycles. The van der Waals surface area contributed by atoms with Gasteiger partial charge in [0.25, 0.3) is 0 Å². The van der Waals surface area contributed by atoms with Crippen LogP contribution in [0.2, 0.25) is 0 Å². The van der Waals surface area contributed by atoms with Gasteiger partial charge in [0.1, 0.15) is 5.82 Å². The Balaban J connectivity index is 1.61. The normalized spacial score (nSPS) is 16.3. The number of rotatable bonds is 5. The third kappa shape index (κ3) is 5.33. The fraction of sp³-hybridized carbons (Fsp3) is 0.458. The molecule has 31 heavy (non-hydrogen) atoms. The third-order valence-electron chi connectivity index (χ3n) is 5.90. The lowest BCUT2D eigenvalue weighted by atomic mass is 9.87. The van der Waals surface area contributed by atoms with Crippen LogP contribution < -0.4 is 0 Å². The van der Waals surface area contributed by atoms with Gasteiger partial charge < -0.3 is 4.90 Å². The zero-order valence-electron chi connectivity index (χ0n) is 18.6. The minimum Gasteiger partial charge on any atom is -0.341 e. The first-order valence-electron chi connectivity index (χ1n) is 10.6. The van der Waals surface area contributed by atoms with Gasteiger partial charge in [-0.3, -0.25) is 4.79 Å². The molecule has 1 saturated heterocycles. The summed E-state index contributed by atoms with van der Waals surface area (Å²) in [7, 11) is -1.93. The van der Waals surface area contributed by atoms with Crippen molar-refractivity contribution in [3.05, 3.63) is 65.5 Å². The number of sulfonamides is 1. The van der Waals surface area contributed by atoms with Crippen molar-refractivity contribution < 1.29 is 17.6 Å². The van der Waals surface area contributed by atoms with Crippen molar-refractivity contribution in [2.24, 2.45) is 5.92 Å². The van der Waals surface area contributed by atoms with E-state index in [0.29, 0.717) is 31.5 Å². The van der Waals surface area contributed by atoms with E-state index in [-0.39, 0.29) is 34.5 Å². The number of hydrogen-bond donors (Lipinski definition) is 0. The van der Waals surface area contributed by atoms with Crippen LogP contribution in [-0.2, 0) is 26.8 Å². The maximum Gasteiger partial charge on any atom is 0.243 e. The largest absolute Gasteiger partial charge is 0.341 e. The standard InChI is InChI=1S/C24H31FN2O3S/c1-24(2,3)20-9-11-21(12-10-20)31(29,30)27-15-13-18(14-16-27)23(28)26(4)17-19-7-5-6-8-22(19)25/h5-12,18H,13-17H2,1-4H3. The maximum absolute atomic E-state index is 13.9. The topological polar surface area (TPSA) is 57.7 Å². The van der Waals surface area contributed by atoms with Gasteiger partial charge in [-0.05, 0) is 42.0 Å². The van der Waals surface area contributed by atoms with Crippen molar-refractivity contribution in [3.8, 4) is 0 Å². The molecule has 2 aromatic carbocycles. The number of piperidine rings is 1. The van der Waals surface area contributed by atoms with E-state index in [1.165, 1.54) is 15.3 Å². The predicted molar refractivity (Wildman–Crippen MR) is 119 cm³/mol. The Morgan fingerprint density at radius 1 is 1.06 bits per heavy atom. The molecule has 1 amide bonds. The minimum absolute atomic E-state index is 0.0459. The molecule has 0 unspecified atom stereocenters. The summed E-state index contributed by atoms with van der Waals surface area (Å²) in [4.78, 5) is 14.6. The van der Waals surface area contributed by atoms with Gasteiger partial charge in [0.2, 0.25) is 15.9 Å². The summed E-state index contributed by atoms with van der Waals surface area (Å²) in [5.41, 5.74) is 1.50. The van der Waals surface area contributed by atoms with Crippen LogP contribution in [0.3, 0.4) is 0 Å². The Hall–Kier alpha value is -2.25. The maximum atomic E-state index is 13.9. The molecule has 0 atom stereocenters. The zero-order chi connectivity index (χ0) is 22.8. The van der Waals surface area contributed by atoms with Crippen LogP contribution >= 0.6 is 0 Å². The second-order valence-corrected chi connectivity index (χ2v) is 11.2. The van der Waals surface area contributed by atoms with E-state index in [2.05, 4.69) is 20.8 Å². The molecule has 0 bridgehead atoms.